The normalized spacial score (nSPS) is 10.1. The van der Waals surface area contributed by atoms with E-state index in [0.29, 0.717) is 0 Å². The molecule has 13 heteroatoms. The zero-order valence-corrected chi connectivity index (χ0v) is 16.2. The maximum Gasteiger partial charge on any atom is 0.269 e. The second-order valence-electron chi connectivity index (χ2n) is 5.46. The summed E-state index contributed by atoms with van der Waals surface area (Å²) in [4.78, 5) is 19.7. The number of nitro groups is 2. The van der Waals surface area contributed by atoms with Crippen molar-refractivity contribution in [2.45, 2.75) is 12.8 Å². The summed E-state index contributed by atoms with van der Waals surface area (Å²) in [6.45, 7) is 1.63. The molecule has 0 radical (unpaired) electrons. The van der Waals surface area contributed by atoms with Crippen LogP contribution < -0.4 is 11.5 Å². The molecule has 29 heavy (non-hydrogen) atoms. The second-order valence-corrected chi connectivity index (χ2v) is 6.28. The molecule has 160 valence electrons. The lowest BCUT2D eigenvalue weighted by molar-refractivity contribution is -0.385. The fourth-order valence-corrected chi connectivity index (χ4v) is 1.98. The van der Waals surface area contributed by atoms with Gasteiger partial charge in [-0.05, 0) is 11.1 Å². The molecule has 2 rings (SSSR count). The molecule has 0 saturated carbocycles. The van der Waals surface area contributed by atoms with Crippen molar-refractivity contribution >= 4 is 21.8 Å². The first kappa shape index (κ1) is 26.0. The third-order valence-electron chi connectivity index (χ3n) is 3.23. The van der Waals surface area contributed by atoms with Crippen molar-refractivity contribution in [2.75, 3.05) is 13.1 Å². The van der Waals surface area contributed by atoms with Crippen molar-refractivity contribution in [1.82, 2.24) is 0 Å². The van der Waals surface area contributed by atoms with Crippen LogP contribution in [0.1, 0.15) is 11.1 Å². The summed E-state index contributed by atoms with van der Waals surface area (Å²) in [6.07, 6.45) is 1.75. The van der Waals surface area contributed by atoms with Crippen LogP contribution in [0.3, 0.4) is 0 Å². The predicted molar refractivity (Wildman–Crippen MR) is 99.6 cm³/mol. The van der Waals surface area contributed by atoms with E-state index in [9.17, 15) is 20.2 Å². The Morgan fingerprint density at radius 1 is 0.690 bits per heavy atom. The summed E-state index contributed by atoms with van der Waals surface area (Å²) in [5.41, 5.74) is 9.88. The van der Waals surface area contributed by atoms with Crippen LogP contribution in [0, 0.1) is 20.2 Å². The number of hydrogen-bond acceptors (Lipinski definition) is 8. The van der Waals surface area contributed by atoms with Crippen LogP contribution in [0.2, 0.25) is 0 Å². The lowest BCUT2D eigenvalue weighted by Gasteiger charge is -2.06. The number of non-ortho nitro benzene ring substituents is 2. The molecule has 0 aromatic heterocycles. The maximum atomic E-state index is 10.3. The smallest absolute Gasteiger partial charge is 0.269 e. The fourth-order valence-electron chi connectivity index (χ4n) is 1.98. The molecule has 0 heterocycles. The van der Waals surface area contributed by atoms with E-state index in [1.165, 1.54) is 24.3 Å². The standard InChI is InChI=1S/2C8H10N2O2.H2O4S/c2*9-6-5-7-1-3-8(4-2-7)10(11)12;1-5(2,3)4/h2*1-4H,5-6,9H2;(H2,1,2,3,4). The van der Waals surface area contributed by atoms with E-state index in [4.69, 9.17) is 17.5 Å². The Bertz CT molecular complexity index is 803. The Hall–Kier alpha value is -2.97. The largest absolute Gasteiger partial charge is 0.759 e. The van der Waals surface area contributed by atoms with E-state index in [-0.39, 0.29) is 11.4 Å². The van der Waals surface area contributed by atoms with E-state index >= 15 is 0 Å². The minimum absolute atomic E-state index is 0.141. The number of hydrogen-bond donors (Lipinski definition) is 2. The van der Waals surface area contributed by atoms with Gasteiger partial charge in [-0.15, -0.1) is 0 Å². The second kappa shape index (κ2) is 13.2. The molecule has 0 unspecified atom stereocenters. The van der Waals surface area contributed by atoms with Gasteiger partial charge in [0.05, 0.1) is 22.9 Å². The molecule has 0 atom stereocenters. The van der Waals surface area contributed by atoms with E-state index < -0.39 is 20.2 Å². The Morgan fingerprint density at radius 2 is 0.931 bits per heavy atom. The zero-order chi connectivity index (χ0) is 22.4. The van der Waals surface area contributed by atoms with Gasteiger partial charge in [0, 0.05) is 47.5 Å². The van der Waals surface area contributed by atoms with Gasteiger partial charge >= 0.3 is 0 Å². The first-order chi connectivity index (χ1) is 13.5. The molecule has 0 saturated heterocycles. The van der Waals surface area contributed by atoms with Crippen molar-refractivity contribution in [1.29, 1.82) is 0 Å². The first-order valence-electron chi connectivity index (χ1n) is 8.19. The van der Waals surface area contributed by atoms with Gasteiger partial charge in [-0.25, -0.2) is 0 Å². The van der Waals surface area contributed by atoms with Crippen molar-refractivity contribution in [3.63, 3.8) is 0 Å². The van der Waals surface area contributed by atoms with Crippen molar-refractivity contribution in [2.24, 2.45) is 0 Å². The zero-order valence-electron chi connectivity index (χ0n) is 15.4. The Balaban J connectivity index is 0.000000442. The number of quaternary nitrogens is 2. The average Bonchev–Trinajstić information content (AvgIpc) is 2.62. The highest BCUT2D eigenvalue weighted by Gasteiger charge is 2.03. The maximum absolute atomic E-state index is 10.3. The molecule has 0 spiro atoms. The molecule has 6 N–H and O–H groups in total. The minimum Gasteiger partial charge on any atom is -0.759 e. The molecule has 0 aliphatic carbocycles. The first-order valence-corrected chi connectivity index (χ1v) is 9.53. The number of nitro benzene ring substituents is 2. The van der Waals surface area contributed by atoms with Gasteiger partial charge in [0.15, 0.2) is 0 Å². The van der Waals surface area contributed by atoms with Crippen LogP contribution in [0.5, 0.6) is 0 Å². The van der Waals surface area contributed by atoms with Gasteiger partial charge < -0.3 is 20.6 Å². The fraction of sp³-hybridized carbons (Fsp3) is 0.250. The predicted octanol–water partition coefficient (Wildman–Crippen LogP) is -0.580. The molecule has 0 aliphatic heterocycles. The van der Waals surface area contributed by atoms with Crippen molar-refractivity contribution in [3.8, 4) is 0 Å². The summed E-state index contributed by atoms with van der Waals surface area (Å²) < 4.78 is 34.1. The third-order valence-corrected chi connectivity index (χ3v) is 3.23. The highest BCUT2D eigenvalue weighted by Crippen LogP contribution is 2.12. The van der Waals surface area contributed by atoms with Gasteiger partial charge in [0.2, 0.25) is 0 Å². The Labute approximate surface area is 167 Å². The molecular weight excluding hydrogens is 408 g/mol. The summed E-state index contributed by atoms with van der Waals surface area (Å²) in [7, 11) is -5.17. The van der Waals surface area contributed by atoms with Crippen LogP contribution >= 0.6 is 0 Å². The van der Waals surface area contributed by atoms with E-state index in [0.717, 1.165) is 37.1 Å². The van der Waals surface area contributed by atoms with Crippen molar-refractivity contribution < 1.29 is 38.8 Å². The molecule has 0 amide bonds. The highest BCUT2D eigenvalue weighted by molar-refractivity contribution is 7.79. The molecule has 2 aromatic carbocycles. The van der Waals surface area contributed by atoms with Crippen LogP contribution in [-0.2, 0) is 23.2 Å². The molecule has 0 fully saturated rings. The Morgan fingerprint density at radius 3 is 1.10 bits per heavy atom. The van der Waals surface area contributed by atoms with Crippen LogP contribution in [-0.4, -0.2) is 40.5 Å². The highest BCUT2D eigenvalue weighted by atomic mass is 32.3. The summed E-state index contributed by atoms with van der Waals surface area (Å²) in [6, 6.07) is 13.1. The lowest BCUT2D eigenvalue weighted by Crippen LogP contribution is -2.51. The third kappa shape index (κ3) is 13.8. The van der Waals surface area contributed by atoms with Crippen LogP contribution in [0.4, 0.5) is 11.4 Å². The summed E-state index contributed by atoms with van der Waals surface area (Å²) >= 11 is 0. The average molecular weight is 430 g/mol. The quantitative estimate of drug-likeness (QED) is 0.260. The molecule has 0 aliphatic rings. The van der Waals surface area contributed by atoms with E-state index in [1.54, 1.807) is 24.3 Å². The van der Waals surface area contributed by atoms with Gasteiger partial charge in [-0.3, -0.25) is 28.6 Å². The molecule has 0 bridgehead atoms. The summed E-state index contributed by atoms with van der Waals surface area (Å²) in [5.74, 6) is 0. The Kier molecular flexibility index (Phi) is 11.9. The molecule has 2 aromatic rings. The van der Waals surface area contributed by atoms with E-state index in [2.05, 4.69) is 11.5 Å². The van der Waals surface area contributed by atoms with Crippen LogP contribution in [0.15, 0.2) is 48.5 Å². The SMILES string of the molecule is O=S(=O)([O-])[O-].[NH3+]CCc1ccc([N+](=O)[O-])cc1.[NH3+]CCc1ccc([N+](=O)[O-])cc1. The minimum atomic E-state index is -5.17. The topological polar surface area (TPSA) is 222 Å². The summed E-state index contributed by atoms with van der Waals surface area (Å²) in [5, 5.41) is 20.5. The van der Waals surface area contributed by atoms with Crippen molar-refractivity contribution in [3.05, 3.63) is 79.9 Å². The number of nitrogens with zero attached hydrogens (tertiary/aromatic N) is 2. The molecular formula is C16H22N4O8S. The van der Waals surface area contributed by atoms with Gasteiger partial charge in [0.25, 0.3) is 11.4 Å². The van der Waals surface area contributed by atoms with Gasteiger partial charge in [0.1, 0.15) is 0 Å². The van der Waals surface area contributed by atoms with E-state index in [1.807, 2.05) is 0 Å². The number of rotatable bonds is 6. The number of benzene rings is 2. The lowest BCUT2D eigenvalue weighted by atomic mass is 10.1. The molecule has 12 nitrogen and oxygen atoms in total. The van der Waals surface area contributed by atoms with Crippen LogP contribution in [0.25, 0.3) is 0 Å². The monoisotopic (exact) mass is 430 g/mol. The van der Waals surface area contributed by atoms with Gasteiger partial charge in [-0.1, -0.05) is 24.3 Å². The van der Waals surface area contributed by atoms with Gasteiger partial charge in [-0.2, -0.15) is 0 Å².